The zero-order chi connectivity index (χ0) is 22.1. The van der Waals surface area contributed by atoms with Gasteiger partial charge in [0.25, 0.3) is 17.5 Å². The van der Waals surface area contributed by atoms with Crippen LogP contribution in [0.5, 0.6) is 0 Å². The number of alkyl halides is 3. The van der Waals surface area contributed by atoms with Crippen molar-refractivity contribution in [2.75, 3.05) is 26.2 Å². The minimum absolute atomic E-state index is 0.0853. The number of halogens is 4. The zero-order valence-corrected chi connectivity index (χ0v) is 16.1. The fourth-order valence-electron chi connectivity index (χ4n) is 3.09. The molecule has 0 atom stereocenters. The standard InChI is InChI=1S/C19H15ClF3N3O4/c20-15-5-4-13(11-16(15)26(29)30)18(28)25-8-6-24(7-9-25)17(27)12-2-1-3-14(10-12)19(21,22)23/h1-5,10-11H,6-9H2. The molecule has 0 saturated carbocycles. The van der Waals surface area contributed by atoms with Gasteiger partial charge in [-0.2, -0.15) is 13.2 Å². The van der Waals surface area contributed by atoms with Crippen LogP contribution < -0.4 is 0 Å². The molecule has 0 radical (unpaired) electrons. The molecule has 0 aliphatic carbocycles. The summed E-state index contributed by atoms with van der Waals surface area (Å²) in [5, 5.41) is 10.9. The number of nitrogens with zero attached hydrogens (tertiary/aromatic N) is 3. The van der Waals surface area contributed by atoms with E-state index in [0.717, 1.165) is 18.2 Å². The van der Waals surface area contributed by atoms with Crippen LogP contribution in [0, 0.1) is 10.1 Å². The van der Waals surface area contributed by atoms with E-state index in [0.29, 0.717) is 0 Å². The Morgan fingerprint density at radius 1 is 0.933 bits per heavy atom. The van der Waals surface area contributed by atoms with E-state index in [9.17, 15) is 32.9 Å². The average molecular weight is 442 g/mol. The van der Waals surface area contributed by atoms with Crippen molar-refractivity contribution in [2.45, 2.75) is 6.18 Å². The molecule has 1 aliphatic rings. The van der Waals surface area contributed by atoms with Crippen molar-refractivity contribution in [2.24, 2.45) is 0 Å². The Morgan fingerprint density at radius 3 is 1.97 bits per heavy atom. The Bertz CT molecular complexity index is 1000. The van der Waals surface area contributed by atoms with Gasteiger partial charge in [0, 0.05) is 43.4 Å². The lowest BCUT2D eigenvalue weighted by molar-refractivity contribution is -0.384. The van der Waals surface area contributed by atoms with Gasteiger partial charge < -0.3 is 9.80 Å². The third-order valence-electron chi connectivity index (χ3n) is 4.68. The summed E-state index contributed by atoms with van der Waals surface area (Å²) in [6.07, 6.45) is -4.55. The van der Waals surface area contributed by atoms with Crippen molar-refractivity contribution < 1.29 is 27.7 Å². The van der Waals surface area contributed by atoms with E-state index in [1.165, 1.54) is 34.1 Å². The highest BCUT2D eigenvalue weighted by Crippen LogP contribution is 2.30. The van der Waals surface area contributed by atoms with E-state index in [-0.39, 0.29) is 48.0 Å². The molecule has 11 heteroatoms. The van der Waals surface area contributed by atoms with Crippen LogP contribution in [-0.2, 0) is 6.18 Å². The molecule has 3 rings (SSSR count). The van der Waals surface area contributed by atoms with E-state index >= 15 is 0 Å². The maximum atomic E-state index is 12.9. The van der Waals surface area contributed by atoms with Crippen LogP contribution in [0.2, 0.25) is 5.02 Å². The first kappa shape index (κ1) is 21.6. The second kappa shape index (κ2) is 8.31. The molecule has 1 aliphatic heterocycles. The van der Waals surface area contributed by atoms with Gasteiger partial charge in [0.05, 0.1) is 10.5 Å². The molecule has 2 aromatic carbocycles. The number of carbonyl (C=O) groups excluding carboxylic acids is 2. The normalized spacial score (nSPS) is 14.5. The van der Waals surface area contributed by atoms with Crippen molar-refractivity contribution in [1.29, 1.82) is 0 Å². The lowest BCUT2D eigenvalue weighted by atomic mass is 10.1. The molecule has 2 amide bonds. The average Bonchev–Trinajstić information content (AvgIpc) is 2.72. The highest BCUT2D eigenvalue weighted by molar-refractivity contribution is 6.32. The number of amides is 2. The van der Waals surface area contributed by atoms with Gasteiger partial charge in [0.15, 0.2) is 0 Å². The molecule has 30 heavy (non-hydrogen) atoms. The van der Waals surface area contributed by atoms with Gasteiger partial charge in [-0.1, -0.05) is 17.7 Å². The predicted molar refractivity (Wildman–Crippen MR) is 101 cm³/mol. The third kappa shape index (κ3) is 4.54. The molecule has 0 aromatic heterocycles. The molecule has 1 fully saturated rings. The number of hydrogen-bond acceptors (Lipinski definition) is 4. The summed E-state index contributed by atoms with van der Waals surface area (Å²) in [5.41, 5.74) is -1.30. The van der Waals surface area contributed by atoms with E-state index in [1.807, 2.05) is 0 Å². The van der Waals surface area contributed by atoms with E-state index < -0.39 is 28.5 Å². The topological polar surface area (TPSA) is 83.8 Å². The van der Waals surface area contributed by atoms with Crippen LogP contribution in [0.15, 0.2) is 42.5 Å². The minimum Gasteiger partial charge on any atom is -0.335 e. The first-order valence-corrected chi connectivity index (χ1v) is 9.15. The van der Waals surface area contributed by atoms with Crippen molar-refractivity contribution in [1.82, 2.24) is 9.80 Å². The number of carbonyl (C=O) groups is 2. The lowest BCUT2D eigenvalue weighted by Gasteiger charge is -2.35. The summed E-state index contributed by atoms with van der Waals surface area (Å²) in [5.74, 6) is -1.02. The Balaban J connectivity index is 1.68. The second-order valence-corrected chi connectivity index (χ2v) is 6.99. The maximum absolute atomic E-state index is 12.9. The fourth-order valence-corrected chi connectivity index (χ4v) is 3.28. The van der Waals surface area contributed by atoms with Crippen molar-refractivity contribution in [3.8, 4) is 0 Å². The number of piperazine rings is 1. The molecule has 0 bridgehead atoms. The molecular weight excluding hydrogens is 427 g/mol. The predicted octanol–water partition coefficient (Wildman–Crippen LogP) is 3.87. The molecule has 0 unspecified atom stereocenters. The van der Waals surface area contributed by atoms with Crippen LogP contribution in [0.1, 0.15) is 26.3 Å². The van der Waals surface area contributed by atoms with E-state index in [2.05, 4.69) is 0 Å². The summed E-state index contributed by atoms with van der Waals surface area (Å²) in [7, 11) is 0. The van der Waals surface area contributed by atoms with Crippen LogP contribution >= 0.6 is 11.6 Å². The summed E-state index contributed by atoms with van der Waals surface area (Å²) < 4.78 is 38.6. The van der Waals surface area contributed by atoms with Gasteiger partial charge in [-0.05, 0) is 30.3 Å². The number of hydrogen-bond donors (Lipinski definition) is 0. The van der Waals surface area contributed by atoms with Crippen LogP contribution in [0.4, 0.5) is 18.9 Å². The molecule has 1 heterocycles. The Hall–Kier alpha value is -3.14. The Kier molecular flexibility index (Phi) is 5.97. The van der Waals surface area contributed by atoms with Gasteiger partial charge in [-0.25, -0.2) is 0 Å². The highest BCUT2D eigenvalue weighted by atomic mass is 35.5. The van der Waals surface area contributed by atoms with Gasteiger partial charge >= 0.3 is 6.18 Å². The van der Waals surface area contributed by atoms with Gasteiger partial charge in [0.1, 0.15) is 5.02 Å². The van der Waals surface area contributed by atoms with Crippen molar-refractivity contribution in [3.63, 3.8) is 0 Å². The van der Waals surface area contributed by atoms with Crippen molar-refractivity contribution in [3.05, 3.63) is 74.3 Å². The van der Waals surface area contributed by atoms with Crippen LogP contribution in [-0.4, -0.2) is 52.7 Å². The minimum atomic E-state index is -4.55. The van der Waals surface area contributed by atoms with Crippen molar-refractivity contribution >= 4 is 29.1 Å². The Morgan fingerprint density at radius 2 is 1.47 bits per heavy atom. The summed E-state index contributed by atoms with van der Waals surface area (Å²) in [4.78, 5) is 38.3. The molecule has 7 nitrogen and oxygen atoms in total. The monoisotopic (exact) mass is 441 g/mol. The maximum Gasteiger partial charge on any atom is 0.416 e. The first-order valence-electron chi connectivity index (χ1n) is 8.77. The highest BCUT2D eigenvalue weighted by Gasteiger charge is 2.32. The molecule has 0 spiro atoms. The number of nitro benzene ring substituents is 1. The van der Waals surface area contributed by atoms with Gasteiger partial charge in [0.2, 0.25) is 0 Å². The SMILES string of the molecule is O=C(c1cccc(C(F)(F)F)c1)N1CCN(C(=O)c2ccc(Cl)c([N+](=O)[O-])c2)CC1. The van der Waals surface area contributed by atoms with E-state index in [4.69, 9.17) is 11.6 Å². The quantitative estimate of drug-likeness (QED) is 0.534. The van der Waals surface area contributed by atoms with Crippen LogP contribution in [0.3, 0.4) is 0 Å². The lowest BCUT2D eigenvalue weighted by Crippen LogP contribution is -2.50. The molecule has 0 N–H and O–H groups in total. The number of rotatable bonds is 3. The number of nitro groups is 1. The van der Waals surface area contributed by atoms with Gasteiger partial charge in [-0.3, -0.25) is 19.7 Å². The fraction of sp³-hybridized carbons (Fsp3) is 0.263. The molecule has 158 valence electrons. The second-order valence-electron chi connectivity index (χ2n) is 6.59. The number of benzene rings is 2. The first-order chi connectivity index (χ1) is 14.1. The Labute approximate surface area is 173 Å². The smallest absolute Gasteiger partial charge is 0.335 e. The molecule has 2 aromatic rings. The van der Waals surface area contributed by atoms with Crippen LogP contribution in [0.25, 0.3) is 0 Å². The van der Waals surface area contributed by atoms with E-state index in [1.54, 1.807) is 0 Å². The summed E-state index contributed by atoms with van der Waals surface area (Å²) >= 11 is 5.75. The zero-order valence-electron chi connectivity index (χ0n) is 15.4. The largest absolute Gasteiger partial charge is 0.416 e. The summed E-state index contributed by atoms with van der Waals surface area (Å²) in [6.45, 7) is 0.521. The molecular formula is C19H15ClF3N3O4. The third-order valence-corrected chi connectivity index (χ3v) is 5.00. The van der Waals surface area contributed by atoms with Gasteiger partial charge in [-0.15, -0.1) is 0 Å². The molecule has 1 saturated heterocycles. The summed E-state index contributed by atoms with van der Waals surface area (Å²) in [6, 6.07) is 7.89.